The van der Waals surface area contributed by atoms with Gasteiger partial charge in [-0.1, -0.05) is 6.92 Å². The van der Waals surface area contributed by atoms with Crippen LogP contribution in [0.15, 0.2) is 6.33 Å². The summed E-state index contributed by atoms with van der Waals surface area (Å²) < 4.78 is 1.90. The molecule has 0 radical (unpaired) electrons. The lowest BCUT2D eigenvalue weighted by Gasteiger charge is -2.18. The molecule has 7 nitrogen and oxygen atoms in total. The first-order valence-electron chi connectivity index (χ1n) is 7.28. The van der Waals surface area contributed by atoms with Gasteiger partial charge in [-0.15, -0.1) is 10.2 Å². The van der Waals surface area contributed by atoms with E-state index in [1.165, 1.54) is 0 Å². The highest BCUT2D eigenvalue weighted by atomic mass is 15.3. The lowest BCUT2D eigenvalue weighted by molar-refractivity contribution is 0.713. The summed E-state index contributed by atoms with van der Waals surface area (Å²) in [5.41, 5.74) is 1.02. The van der Waals surface area contributed by atoms with E-state index in [9.17, 15) is 0 Å². The smallest absolute Gasteiger partial charge is 0.154 e. The van der Waals surface area contributed by atoms with Crippen LogP contribution >= 0.6 is 0 Å². The maximum atomic E-state index is 4.59. The molecular weight excluding hydrogens is 266 g/mol. The molecule has 114 valence electrons. The minimum absolute atomic E-state index is 0.0188. The molecule has 0 saturated carbocycles. The Morgan fingerprint density at radius 3 is 2.52 bits per heavy atom. The summed E-state index contributed by atoms with van der Waals surface area (Å²) in [6.07, 6.45) is 2.49. The summed E-state index contributed by atoms with van der Waals surface area (Å²) >= 11 is 0. The Hall–Kier alpha value is -2.18. The third-order valence-electron chi connectivity index (χ3n) is 3.34. The molecule has 0 aliphatic carbocycles. The van der Waals surface area contributed by atoms with Gasteiger partial charge in [0, 0.05) is 25.6 Å². The molecule has 0 saturated heterocycles. The number of aryl methyl sites for hydroxylation is 2. The Bertz CT molecular complexity index is 605. The fourth-order valence-corrected chi connectivity index (χ4v) is 2.15. The van der Waals surface area contributed by atoms with Gasteiger partial charge in [-0.05, 0) is 20.8 Å². The summed E-state index contributed by atoms with van der Waals surface area (Å²) in [6.45, 7) is 9.01. The van der Waals surface area contributed by atoms with Crippen LogP contribution in [-0.2, 0) is 13.5 Å². The van der Waals surface area contributed by atoms with E-state index < -0.39 is 0 Å². The Labute approximate surface area is 125 Å². The van der Waals surface area contributed by atoms with Gasteiger partial charge in [0.2, 0.25) is 0 Å². The number of aromatic nitrogens is 5. The maximum Gasteiger partial charge on any atom is 0.154 e. The van der Waals surface area contributed by atoms with E-state index in [1.807, 2.05) is 25.5 Å². The number of hydrogen-bond donors (Lipinski definition) is 2. The average molecular weight is 289 g/mol. The zero-order valence-corrected chi connectivity index (χ0v) is 13.3. The first-order chi connectivity index (χ1) is 10.1. The Morgan fingerprint density at radius 2 is 1.95 bits per heavy atom. The molecule has 2 heterocycles. The number of rotatable bonds is 6. The van der Waals surface area contributed by atoms with Crippen molar-refractivity contribution < 1.29 is 0 Å². The topological polar surface area (TPSA) is 80.6 Å². The molecule has 0 aliphatic heterocycles. The highest BCUT2D eigenvalue weighted by molar-refractivity contribution is 5.57. The molecule has 0 fully saturated rings. The van der Waals surface area contributed by atoms with Crippen molar-refractivity contribution in [2.45, 2.75) is 40.2 Å². The molecule has 1 atom stereocenters. The molecule has 2 N–H and O–H groups in total. The highest BCUT2D eigenvalue weighted by Gasteiger charge is 2.15. The summed E-state index contributed by atoms with van der Waals surface area (Å²) in [5.74, 6) is 3.42. The Balaban J connectivity index is 2.30. The number of nitrogens with zero attached hydrogens (tertiary/aromatic N) is 5. The maximum absolute atomic E-state index is 4.59. The summed E-state index contributed by atoms with van der Waals surface area (Å²) in [7, 11) is 1.93. The van der Waals surface area contributed by atoms with Crippen LogP contribution in [0.25, 0.3) is 0 Å². The van der Waals surface area contributed by atoms with Gasteiger partial charge in [-0.25, -0.2) is 9.97 Å². The summed E-state index contributed by atoms with van der Waals surface area (Å²) in [6, 6.07) is 0.0188. The predicted octanol–water partition coefficient (Wildman–Crippen LogP) is 2.08. The zero-order valence-electron chi connectivity index (χ0n) is 13.3. The first-order valence-corrected chi connectivity index (χ1v) is 7.28. The predicted molar refractivity (Wildman–Crippen MR) is 83.4 cm³/mol. The number of nitrogens with one attached hydrogen (secondary N) is 2. The molecule has 0 amide bonds. The van der Waals surface area contributed by atoms with Gasteiger partial charge in [0.1, 0.15) is 23.8 Å². The van der Waals surface area contributed by atoms with Crippen LogP contribution in [0.2, 0.25) is 0 Å². The van der Waals surface area contributed by atoms with Crippen molar-refractivity contribution in [2.24, 2.45) is 7.05 Å². The monoisotopic (exact) mass is 289 g/mol. The van der Waals surface area contributed by atoms with Gasteiger partial charge in [-0.2, -0.15) is 0 Å². The third-order valence-corrected chi connectivity index (χ3v) is 3.34. The molecule has 21 heavy (non-hydrogen) atoms. The van der Waals surface area contributed by atoms with E-state index in [2.05, 4.69) is 44.6 Å². The van der Waals surface area contributed by atoms with Crippen molar-refractivity contribution in [2.75, 3.05) is 17.2 Å². The Kier molecular flexibility index (Phi) is 4.72. The molecule has 0 aromatic carbocycles. The average Bonchev–Trinajstić information content (AvgIpc) is 2.89. The minimum Gasteiger partial charge on any atom is -0.370 e. The van der Waals surface area contributed by atoms with Gasteiger partial charge in [-0.3, -0.25) is 0 Å². The molecule has 0 bridgehead atoms. The molecular formula is C14H23N7. The van der Waals surface area contributed by atoms with Crippen LogP contribution in [0, 0.1) is 6.92 Å². The van der Waals surface area contributed by atoms with Gasteiger partial charge in [0.25, 0.3) is 0 Å². The van der Waals surface area contributed by atoms with E-state index >= 15 is 0 Å². The van der Waals surface area contributed by atoms with Gasteiger partial charge in [0.15, 0.2) is 5.82 Å². The van der Waals surface area contributed by atoms with E-state index in [4.69, 9.17) is 0 Å². The van der Waals surface area contributed by atoms with Crippen molar-refractivity contribution >= 4 is 11.6 Å². The molecule has 2 aromatic heterocycles. The van der Waals surface area contributed by atoms with Crippen LogP contribution in [0.3, 0.4) is 0 Å². The molecule has 0 aliphatic rings. The zero-order chi connectivity index (χ0) is 15.4. The van der Waals surface area contributed by atoms with Crippen LogP contribution in [-0.4, -0.2) is 31.3 Å². The van der Waals surface area contributed by atoms with Gasteiger partial charge in [0.05, 0.1) is 6.04 Å². The van der Waals surface area contributed by atoms with E-state index in [0.717, 1.165) is 41.8 Å². The van der Waals surface area contributed by atoms with Crippen LogP contribution in [0.5, 0.6) is 0 Å². The van der Waals surface area contributed by atoms with Crippen LogP contribution < -0.4 is 10.6 Å². The van der Waals surface area contributed by atoms with Crippen LogP contribution in [0.4, 0.5) is 11.6 Å². The van der Waals surface area contributed by atoms with Crippen LogP contribution in [0.1, 0.15) is 44.0 Å². The second-order valence-corrected chi connectivity index (χ2v) is 5.01. The van der Waals surface area contributed by atoms with E-state index in [0.29, 0.717) is 0 Å². The molecule has 1 unspecified atom stereocenters. The first kappa shape index (κ1) is 15.2. The van der Waals surface area contributed by atoms with Gasteiger partial charge < -0.3 is 15.2 Å². The largest absolute Gasteiger partial charge is 0.370 e. The third kappa shape index (κ3) is 3.29. The molecule has 2 aromatic rings. The molecule has 7 heteroatoms. The highest BCUT2D eigenvalue weighted by Crippen LogP contribution is 2.23. The standard InChI is InChI=1S/C14H23N7/c1-6-11-18-12(15-7-2)9(3)13(19-11)17-10(4)14-20-16-8-21(14)5/h8,10H,6-7H2,1-5H3,(H2,15,17,18,19). The Morgan fingerprint density at radius 1 is 1.24 bits per heavy atom. The van der Waals surface area contributed by atoms with E-state index in [-0.39, 0.29) is 6.04 Å². The van der Waals surface area contributed by atoms with E-state index in [1.54, 1.807) is 6.33 Å². The fraction of sp³-hybridized carbons (Fsp3) is 0.571. The lowest BCUT2D eigenvalue weighted by atomic mass is 10.2. The number of anilines is 2. The fourth-order valence-electron chi connectivity index (χ4n) is 2.15. The van der Waals surface area contributed by atoms with Crippen molar-refractivity contribution in [3.8, 4) is 0 Å². The van der Waals surface area contributed by atoms with Crippen molar-refractivity contribution in [3.63, 3.8) is 0 Å². The lowest BCUT2D eigenvalue weighted by Crippen LogP contribution is -2.16. The normalized spacial score (nSPS) is 12.2. The SMILES string of the molecule is CCNc1nc(CC)nc(NC(C)c2nncn2C)c1C. The van der Waals surface area contributed by atoms with Crippen molar-refractivity contribution in [1.82, 2.24) is 24.7 Å². The van der Waals surface area contributed by atoms with Crippen molar-refractivity contribution in [1.29, 1.82) is 0 Å². The summed E-state index contributed by atoms with van der Waals surface area (Å²) in [4.78, 5) is 9.13. The van der Waals surface area contributed by atoms with Gasteiger partial charge >= 0.3 is 0 Å². The quantitative estimate of drug-likeness (QED) is 0.847. The number of hydrogen-bond acceptors (Lipinski definition) is 6. The second kappa shape index (κ2) is 6.51. The second-order valence-electron chi connectivity index (χ2n) is 5.01. The molecule has 2 rings (SSSR count). The van der Waals surface area contributed by atoms with Crippen molar-refractivity contribution in [3.05, 3.63) is 23.5 Å². The summed E-state index contributed by atoms with van der Waals surface area (Å²) in [5, 5.41) is 14.7. The molecule has 0 spiro atoms. The minimum atomic E-state index is 0.0188.